The van der Waals surface area contributed by atoms with E-state index in [9.17, 15) is 13.2 Å². The molecule has 0 fully saturated rings. The van der Waals surface area contributed by atoms with Crippen LogP contribution in [0, 0.1) is 0 Å². The van der Waals surface area contributed by atoms with Gasteiger partial charge in [0, 0.05) is 12.6 Å². The summed E-state index contributed by atoms with van der Waals surface area (Å²) in [6, 6.07) is 20.0. The smallest absolute Gasteiger partial charge is 0.264 e. The molecular formula is C26H30N2O6S. The number of nitrogens with one attached hydrogen (secondary N) is 1. The average Bonchev–Trinajstić information content (AvgIpc) is 2.86. The molecule has 0 aliphatic carbocycles. The molecule has 186 valence electrons. The monoisotopic (exact) mass is 498 g/mol. The van der Waals surface area contributed by atoms with Crippen LogP contribution in [0.15, 0.2) is 77.7 Å². The summed E-state index contributed by atoms with van der Waals surface area (Å²) in [7, 11) is -1.09. The van der Waals surface area contributed by atoms with Crippen molar-refractivity contribution in [2.24, 2.45) is 0 Å². The third-order valence-electron chi connectivity index (χ3n) is 5.03. The molecule has 3 aromatic carbocycles. The molecule has 0 bridgehead atoms. The van der Waals surface area contributed by atoms with E-state index in [1.54, 1.807) is 30.3 Å². The van der Waals surface area contributed by atoms with Crippen molar-refractivity contribution in [1.29, 1.82) is 0 Å². The van der Waals surface area contributed by atoms with Crippen molar-refractivity contribution < 1.29 is 27.4 Å². The summed E-state index contributed by atoms with van der Waals surface area (Å²) >= 11 is 0. The molecule has 0 aliphatic heterocycles. The number of hydrogen-bond donors (Lipinski definition) is 1. The van der Waals surface area contributed by atoms with Crippen molar-refractivity contribution in [2.45, 2.75) is 31.4 Å². The van der Waals surface area contributed by atoms with Crippen molar-refractivity contribution >= 4 is 21.6 Å². The Morgan fingerprint density at radius 1 is 0.914 bits per heavy atom. The second-order valence-corrected chi connectivity index (χ2v) is 9.82. The molecule has 8 nitrogen and oxygen atoms in total. The first-order valence-corrected chi connectivity index (χ1v) is 12.5. The van der Waals surface area contributed by atoms with Gasteiger partial charge in [0.2, 0.25) is 5.91 Å². The third kappa shape index (κ3) is 6.66. The third-order valence-corrected chi connectivity index (χ3v) is 6.82. The first kappa shape index (κ1) is 25.9. The fraction of sp³-hybridized carbons (Fsp3) is 0.269. The molecule has 9 heteroatoms. The summed E-state index contributed by atoms with van der Waals surface area (Å²) in [6.07, 6.45) is 0.0260. The summed E-state index contributed by atoms with van der Waals surface area (Å²) in [5, 5.41) is 2.80. The van der Waals surface area contributed by atoms with E-state index in [0.29, 0.717) is 17.2 Å². The Morgan fingerprint density at radius 2 is 1.63 bits per heavy atom. The number of ether oxygens (including phenoxy) is 3. The molecule has 0 radical (unpaired) electrons. The highest BCUT2D eigenvalue weighted by Crippen LogP contribution is 2.33. The Hall–Kier alpha value is -3.72. The Labute approximate surface area is 206 Å². The quantitative estimate of drug-likeness (QED) is 0.429. The van der Waals surface area contributed by atoms with E-state index in [4.69, 9.17) is 14.2 Å². The Balaban J connectivity index is 1.85. The van der Waals surface area contributed by atoms with Crippen molar-refractivity contribution in [1.82, 2.24) is 5.32 Å². The van der Waals surface area contributed by atoms with Crippen molar-refractivity contribution in [3.63, 3.8) is 0 Å². The van der Waals surface area contributed by atoms with Crippen LogP contribution in [-0.4, -0.2) is 41.2 Å². The minimum Gasteiger partial charge on any atom is -0.493 e. The molecule has 0 spiro atoms. The van der Waals surface area contributed by atoms with Gasteiger partial charge in [0.1, 0.15) is 12.3 Å². The lowest BCUT2D eigenvalue weighted by Gasteiger charge is -2.25. The number of carbonyl (C=O) groups excluding carboxylic acids is 1. The SMILES string of the molecule is COc1ccc(N(CC(=O)NCc2cccc(OC(C)C)c2)S(=O)(=O)c2ccccc2)cc1OC. The van der Waals surface area contributed by atoms with Crippen LogP contribution in [0.1, 0.15) is 19.4 Å². The summed E-state index contributed by atoms with van der Waals surface area (Å²) < 4.78 is 44.3. The van der Waals surface area contributed by atoms with Crippen LogP contribution in [0.3, 0.4) is 0 Å². The number of anilines is 1. The van der Waals surface area contributed by atoms with Gasteiger partial charge in [0.25, 0.3) is 10.0 Å². The van der Waals surface area contributed by atoms with Gasteiger partial charge in [0.05, 0.1) is 30.9 Å². The van der Waals surface area contributed by atoms with Gasteiger partial charge in [-0.3, -0.25) is 9.10 Å². The van der Waals surface area contributed by atoms with Gasteiger partial charge in [-0.1, -0.05) is 30.3 Å². The first-order valence-electron chi connectivity index (χ1n) is 11.1. The molecule has 0 unspecified atom stereocenters. The summed E-state index contributed by atoms with van der Waals surface area (Å²) in [5.74, 6) is 1.03. The standard InChI is InChI=1S/C26H30N2O6S/c1-19(2)34-22-10-8-9-20(15-22)17-27-26(29)18-28(35(30,31)23-11-6-5-7-12-23)21-13-14-24(32-3)25(16-21)33-4/h5-16,19H,17-18H2,1-4H3,(H,27,29). The number of hydrogen-bond acceptors (Lipinski definition) is 6. The number of rotatable bonds is 11. The summed E-state index contributed by atoms with van der Waals surface area (Å²) in [6.45, 7) is 3.67. The molecule has 1 amide bonds. The Bertz CT molecular complexity index is 1250. The molecule has 35 heavy (non-hydrogen) atoms. The van der Waals surface area contributed by atoms with Crippen LogP contribution >= 0.6 is 0 Å². The second-order valence-electron chi connectivity index (χ2n) is 7.95. The van der Waals surface area contributed by atoms with Crippen LogP contribution in [0.5, 0.6) is 17.2 Å². The lowest BCUT2D eigenvalue weighted by Crippen LogP contribution is -2.40. The zero-order chi connectivity index (χ0) is 25.4. The van der Waals surface area contributed by atoms with Crippen LogP contribution < -0.4 is 23.8 Å². The number of amides is 1. The maximum Gasteiger partial charge on any atom is 0.264 e. The molecule has 0 saturated carbocycles. The van der Waals surface area contributed by atoms with Crippen LogP contribution in [0.2, 0.25) is 0 Å². The van der Waals surface area contributed by atoms with Gasteiger partial charge in [0.15, 0.2) is 11.5 Å². The minimum atomic E-state index is -4.04. The average molecular weight is 499 g/mol. The number of nitrogens with zero attached hydrogens (tertiary/aromatic N) is 1. The van der Waals surface area contributed by atoms with Crippen molar-refractivity contribution in [3.05, 3.63) is 78.4 Å². The van der Waals surface area contributed by atoms with E-state index in [1.165, 1.54) is 32.4 Å². The highest BCUT2D eigenvalue weighted by molar-refractivity contribution is 7.92. The number of methoxy groups -OCH3 is 2. The topological polar surface area (TPSA) is 94.2 Å². The first-order chi connectivity index (χ1) is 16.7. The fourth-order valence-electron chi connectivity index (χ4n) is 3.40. The lowest BCUT2D eigenvalue weighted by molar-refractivity contribution is -0.119. The normalized spacial score (nSPS) is 11.1. The van der Waals surface area contributed by atoms with Crippen LogP contribution in [0.25, 0.3) is 0 Å². The number of benzene rings is 3. The predicted molar refractivity (Wildman–Crippen MR) is 135 cm³/mol. The minimum absolute atomic E-state index is 0.0260. The summed E-state index contributed by atoms with van der Waals surface area (Å²) in [5.41, 5.74) is 1.11. The molecule has 3 rings (SSSR count). The maximum atomic E-state index is 13.5. The van der Waals surface area contributed by atoms with Gasteiger partial charge in [-0.05, 0) is 55.8 Å². The number of sulfonamides is 1. The predicted octanol–water partition coefficient (Wildman–Crippen LogP) is 4.00. The Kier molecular flexibility index (Phi) is 8.59. The van der Waals surface area contributed by atoms with Crippen LogP contribution in [0.4, 0.5) is 5.69 Å². The van der Waals surface area contributed by atoms with Crippen molar-refractivity contribution in [3.8, 4) is 17.2 Å². The van der Waals surface area contributed by atoms with E-state index < -0.39 is 22.5 Å². The highest BCUT2D eigenvalue weighted by Gasteiger charge is 2.28. The van der Waals surface area contributed by atoms with E-state index in [-0.39, 0.29) is 23.2 Å². The largest absolute Gasteiger partial charge is 0.493 e. The zero-order valence-corrected chi connectivity index (χ0v) is 21.0. The fourth-order valence-corrected chi connectivity index (χ4v) is 4.84. The maximum absolute atomic E-state index is 13.5. The van der Waals surface area contributed by atoms with Crippen LogP contribution in [-0.2, 0) is 21.4 Å². The van der Waals surface area contributed by atoms with Gasteiger partial charge in [-0.25, -0.2) is 8.42 Å². The lowest BCUT2D eigenvalue weighted by atomic mass is 10.2. The van der Waals surface area contributed by atoms with E-state index in [2.05, 4.69) is 5.32 Å². The molecule has 0 atom stereocenters. The molecule has 0 aliphatic rings. The van der Waals surface area contributed by atoms with E-state index >= 15 is 0 Å². The summed E-state index contributed by atoms with van der Waals surface area (Å²) in [4.78, 5) is 13.0. The molecule has 1 N–H and O–H groups in total. The van der Waals surface area contributed by atoms with Gasteiger partial charge in [-0.15, -0.1) is 0 Å². The molecule has 0 aromatic heterocycles. The second kappa shape index (κ2) is 11.6. The molecule has 3 aromatic rings. The van der Waals surface area contributed by atoms with E-state index in [1.807, 2.05) is 38.1 Å². The molecule has 0 heterocycles. The van der Waals surface area contributed by atoms with Gasteiger partial charge >= 0.3 is 0 Å². The van der Waals surface area contributed by atoms with Gasteiger partial charge < -0.3 is 19.5 Å². The molecular weight excluding hydrogens is 468 g/mol. The Morgan fingerprint density at radius 3 is 2.29 bits per heavy atom. The highest BCUT2D eigenvalue weighted by atomic mass is 32.2. The van der Waals surface area contributed by atoms with Gasteiger partial charge in [-0.2, -0.15) is 0 Å². The number of carbonyl (C=O) groups is 1. The molecule has 0 saturated heterocycles. The zero-order valence-electron chi connectivity index (χ0n) is 20.2. The van der Waals surface area contributed by atoms with E-state index in [0.717, 1.165) is 9.87 Å². The van der Waals surface area contributed by atoms with Crippen molar-refractivity contribution in [2.75, 3.05) is 25.1 Å².